The van der Waals surface area contributed by atoms with E-state index >= 15 is 0 Å². The van der Waals surface area contributed by atoms with Crippen molar-refractivity contribution in [2.24, 2.45) is 0 Å². The van der Waals surface area contributed by atoms with Crippen molar-refractivity contribution in [1.29, 1.82) is 0 Å². The average Bonchev–Trinajstić information content (AvgIpc) is 2.77. The molecule has 7 heteroatoms. The van der Waals surface area contributed by atoms with Crippen LogP contribution in [-0.4, -0.2) is 26.5 Å². The molecule has 1 atom stereocenters. The first-order valence-electron chi connectivity index (χ1n) is 5.22. The summed E-state index contributed by atoms with van der Waals surface area (Å²) in [5.74, 6) is -1.60. The van der Waals surface area contributed by atoms with E-state index in [-0.39, 0.29) is 17.7 Å². The molecule has 0 N–H and O–H groups in total. The second kappa shape index (κ2) is 4.77. The smallest absolute Gasteiger partial charge is 0.363 e. The van der Waals surface area contributed by atoms with Gasteiger partial charge in [-0.2, -0.15) is 8.42 Å². The third-order valence-corrected chi connectivity index (χ3v) is 3.60. The molecule has 2 rings (SSSR count). The molecule has 1 aliphatic heterocycles. The summed E-state index contributed by atoms with van der Waals surface area (Å²) in [4.78, 5) is 22.2. The molecule has 1 unspecified atom stereocenters. The number of benzene rings is 1. The quantitative estimate of drug-likeness (QED) is 0.591. The second-order valence-electron chi connectivity index (χ2n) is 3.69. The Balaban J connectivity index is 2.09. The summed E-state index contributed by atoms with van der Waals surface area (Å²) in [6.45, 7) is 0. The number of cyclic esters (lactones) is 1. The van der Waals surface area contributed by atoms with Gasteiger partial charge in [0.05, 0.1) is 0 Å². The molecule has 1 saturated heterocycles. The van der Waals surface area contributed by atoms with Crippen LogP contribution in [0.15, 0.2) is 35.2 Å². The van der Waals surface area contributed by atoms with Gasteiger partial charge in [-0.05, 0) is 12.1 Å². The molecule has 96 valence electrons. The minimum Gasteiger partial charge on any atom is -0.450 e. The van der Waals surface area contributed by atoms with Crippen molar-refractivity contribution in [3.05, 3.63) is 30.3 Å². The summed E-state index contributed by atoms with van der Waals surface area (Å²) in [7, 11) is -4.16. The van der Waals surface area contributed by atoms with Crippen LogP contribution >= 0.6 is 0 Å². The molecule has 18 heavy (non-hydrogen) atoms. The molecule has 0 aliphatic carbocycles. The molecule has 0 aromatic heterocycles. The number of ether oxygens (including phenoxy) is 1. The van der Waals surface area contributed by atoms with Crippen molar-refractivity contribution in [1.82, 2.24) is 0 Å². The SMILES string of the molecule is O=C1CCC(C(=O)OS(=O)(=O)c2ccccc2)O1. The van der Waals surface area contributed by atoms with E-state index in [0.29, 0.717) is 0 Å². The Labute approximate surface area is 104 Å². The third-order valence-electron chi connectivity index (χ3n) is 2.37. The van der Waals surface area contributed by atoms with E-state index in [1.807, 2.05) is 0 Å². The summed E-state index contributed by atoms with van der Waals surface area (Å²) >= 11 is 0. The largest absolute Gasteiger partial charge is 0.450 e. The number of hydrogen-bond donors (Lipinski definition) is 0. The number of carbonyl (C=O) groups is 2. The van der Waals surface area contributed by atoms with Gasteiger partial charge in [0.1, 0.15) is 4.90 Å². The van der Waals surface area contributed by atoms with Gasteiger partial charge in [0, 0.05) is 12.8 Å². The van der Waals surface area contributed by atoms with E-state index in [9.17, 15) is 18.0 Å². The van der Waals surface area contributed by atoms with Crippen molar-refractivity contribution in [3.8, 4) is 0 Å². The van der Waals surface area contributed by atoms with Crippen LogP contribution in [0.1, 0.15) is 12.8 Å². The molecule has 0 radical (unpaired) electrons. The molecule has 1 aromatic carbocycles. The van der Waals surface area contributed by atoms with Crippen molar-refractivity contribution >= 4 is 22.1 Å². The zero-order valence-corrected chi connectivity index (χ0v) is 10.1. The van der Waals surface area contributed by atoms with Gasteiger partial charge in [0.25, 0.3) is 0 Å². The van der Waals surface area contributed by atoms with E-state index in [2.05, 4.69) is 8.92 Å². The first-order chi connectivity index (χ1) is 8.49. The molecule has 1 aromatic rings. The van der Waals surface area contributed by atoms with Gasteiger partial charge < -0.3 is 8.92 Å². The fourth-order valence-corrected chi connectivity index (χ4v) is 2.40. The van der Waals surface area contributed by atoms with Crippen molar-refractivity contribution in [3.63, 3.8) is 0 Å². The molecule has 0 saturated carbocycles. The highest BCUT2D eigenvalue weighted by atomic mass is 32.2. The molecule has 0 bridgehead atoms. The van der Waals surface area contributed by atoms with Gasteiger partial charge in [0.15, 0.2) is 0 Å². The lowest BCUT2D eigenvalue weighted by Gasteiger charge is -2.09. The van der Waals surface area contributed by atoms with Crippen LogP contribution in [0.2, 0.25) is 0 Å². The molecule has 1 aliphatic rings. The molecule has 1 heterocycles. The first kappa shape index (κ1) is 12.6. The van der Waals surface area contributed by atoms with E-state index in [1.165, 1.54) is 24.3 Å². The van der Waals surface area contributed by atoms with E-state index in [4.69, 9.17) is 0 Å². The van der Waals surface area contributed by atoms with Crippen LogP contribution < -0.4 is 0 Å². The van der Waals surface area contributed by atoms with Gasteiger partial charge in [-0.25, -0.2) is 4.79 Å². The lowest BCUT2D eigenvalue weighted by Crippen LogP contribution is -2.25. The van der Waals surface area contributed by atoms with Crippen LogP contribution in [-0.2, 0) is 28.6 Å². The molecular formula is C11H10O6S. The molecule has 0 spiro atoms. The highest BCUT2D eigenvalue weighted by molar-refractivity contribution is 7.87. The summed E-state index contributed by atoms with van der Waals surface area (Å²) < 4.78 is 32.4. The third kappa shape index (κ3) is 2.67. The Morgan fingerprint density at radius 3 is 2.50 bits per heavy atom. The van der Waals surface area contributed by atoms with E-state index in [1.54, 1.807) is 6.07 Å². The Kier molecular flexibility index (Phi) is 3.33. The molecule has 6 nitrogen and oxygen atoms in total. The van der Waals surface area contributed by atoms with Crippen LogP contribution in [0.25, 0.3) is 0 Å². The maximum atomic E-state index is 11.7. The maximum Gasteiger partial charge on any atom is 0.363 e. The van der Waals surface area contributed by atoms with Crippen molar-refractivity contribution in [2.45, 2.75) is 23.8 Å². The monoisotopic (exact) mass is 270 g/mol. The van der Waals surface area contributed by atoms with Crippen LogP contribution in [0.3, 0.4) is 0 Å². The van der Waals surface area contributed by atoms with Gasteiger partial charge in [-0.3, -0.25) is 4.79 Å². The van der Waals surface area contributed by atoms with E-state index in [0.717, 1.165) is 0 Å². The Morgan fingerprint density at radius 2 is 1.94 bits per heavy atom. The van der Waals surface area contributed by atoms with Crippen molar-refractivity contribution in [2.75, 3.05) is 0 Å². The molecule has 0 amide bonds. The summed E-state index contributed by atoms with van der Waals surface area (Å²) in [5, 5.41) is 0. The number of esters is 1. The average molecular weight is 270 g/mol. The minimum absolute atomic E-state index is 0.0884. The van der Waals surface area contributed by atoms with Gasteiger partial charge in [-0.15, -0.1) is 0 Å². The summed E-state index contributed by atoms with van der Waals surface area (Å²) in [6, 6.07) is 7.28. The van der Waals surface area contributed by atoms with Crippen LogP contribution in [0, 0.1) is 0 Å². The minimum atomic E-state index is -4.16. The topological polar surface area (TPSA) is 86.7 Å². The normalized spacial score (nSPS) is 19.3. The number of rotatable bonds is 3. The predicted octanol–water partition coefficient (Wildman–Crippen LogP) is 0.624. The Bertz CT molecular complexity index is 562. The summed E-state index contributed by atoms with van der Waals surface area (Å²) in [6.07, 6.45) is -0.899. The van der Waals surface area contributed by atoms with E-state index < -0.39 is 28.2 Å². The zero-order valence-electron chi connectivity index (χ0n) is 9.24. The Morgan fingerprint density at radius 1 is 1.28 bits per heavy atom. The highest BCUT2D eigenvalue weighted by Gasteiger charge is 2.34. The van der Waals surface area contributed by atoms with Gasteiger partial charge >= 0.3 is 22.1 Å². The standard InChI is InChI=1S/C11H10O6S/c12-10-7-6-9(16-10)11(13)17-18(14,15)8-4-2-1-3-5-8/h1-5,9H,6-7H2. The van der Waals surface area contributed by atoms with Crippen LogP contribution in [0.5, 0.6) is 0 Å². The maximum absolute atomic E-state index is 11.7. The fraction of sp³-hybridized carbons (Fsp3) is 0.273. The van der Waals surface area contributed by atoms with Crippen LogP contribution in [0.4, 0.5) is 0 Å². The predicted molar refractivity (Wildman–Crippen MR) is 58.8 cm³/mol. The lowest BCUT2D eigenvalue weighted by atomic mass is 10.2. The fourth-order valence-electron chi connectivity index (χ4n) is 1.49. The van der Waals surface area contributed by atoms with Crippen molar-refractivity contribution < 1.29 is 26.9 Å². The second-order valence-corrected chi connectivity index (χ2v) is 5.23. The molecular weight excluding hydrogens is 260 g/mol. The first-order valence-corrected chi connectivity index (χ1v) is 6.63. The number of carbonyl (C=O) groups excluding carboxylic acids is 2. The molecule has 1 fully saturated rings. The number of hydrogen-bond acceptors (Lipinski definition) is 6. The Hall–Kier alpha value is -1.89. The van der Waals surface area contributed by atoms with Gasteiger partial charge in [-0.1, -0.05) is 18.2 Å². The highest BCUT2D eigenvalue weighted by Crippen LogP contribution is 2.18. The lowest BCUT2D eigenvalue weighted by molar-refractivity contribution is -0.154. The van der Waals surface area contributed by atoms with Gasteiger partial charge in [0.2, 0.25) is 6.10 Å². The zero-order chi connectivity index (χ0) is 13.2. The summed E-state index contributed by atoms with van der Waals surface area (Å²) in [5.41, 5.74) is 0.